The number of carbonyl (C=O) groups is 1. The van der Waals surface area contributed by atoms with Gasteiger partial charge in [-0.25, -0.2) is 9.80 Å². The zero-order chi connectivity index (χ0) is 7.40. The van der Waals surface area contributed by atoms with Crippen molar-refractivity contribution in [3.8, 4) is 0 Å². The normalized spacial score (nSPS) is 20.4. The van der Waals surface area contributed by atoms with E-state index >= 15 is 0 Å². The number of carboxylic acid groups (broad SMARTS) is 1. The van der Waals surface area contributed by atoms with Crippen molar-refractivity contribution >= 4 is 6.09 Å². The Bertz CT molecular complexity index is 121. The first-order chi connectivity index (χ1) is 4.79. The van der Waals surface area contributed by atoms with Gasteiger partial charge in [0.15, 0.2) is 0 Å². The molecule has 1 aliphatic heterocycles. The molecule has 2 N–H and O–H groups in total. The summed E-state index contributed by atoms with van der Waals surface area (Å²) in [4.78, 5) is 10.1. The fourth-order valence-electron chi connectivity index (χ4n) is 1.14. The highest BCUT2D eigenvalue weighted by atomic mass is 16.4. The molecule has 0 aromatic rings. The highest BCUT2D eigenvalue weighted by Crippen LogP contribution is 2.05. The van der Waals surface area contributed by atoms with E-state index in [-0.39, 0.29) is 0 Å². The van der Waals surface area contributed by atoms with Gasteiger partial charge in [-0.1, -0.05) is 6.42 Å². The van der Waals surface area contributed by atoms with Crippen molar-refractivity contribution in [3.63, 3.8) is 0 Å². The Hall–Kier alpha value is -0.770. The second kappa shape index (κ2) is 3.41. The maximum atomic E-state index is 10.1. The molecule has 10 heavy (non-hydrogen) atoms. The monoisotopic (exact) mass is 144 g/mol. The lowest BCUT2D eigenvalue weighted by atomic mass is 10.2. The van der Waals surface area contributed by atoms with Crippen LogP contribution in [-0.2, 0) is 0 Å². The van der Waals surface area contributed by atoms with E-state index in [0.717, 1.165) is 25.9 Å². The zero-order valence-corrected chi connectivity index (χ0v) is 5.84. The maximum absolute atomic E-state index is 10.1. The molecule has 1 aliphatic rings. The lowest BCUT2D eigenvalue weighted by Crippen LogP contribution is -2.44. The number of nitrogens with zero attached hydrogens (tertiary/aromatic N) is 1. The van der Waals surface area contributed by atoms with E-state index in [1.807, 2.05) is 0 Å². The molecular formula is C6H12N2O2. The first kappa shape index (κ1) is 7.34. The Morgan fingerprint density at radius 1 is 1.30 bits per heavy atom. The van der Waals surface area contributed by atoms with Crippen LogP contribution in [-0.4, -0.2) is 29.3 Å². The third-order valence-corrected chi connectivity index (χ3v) is 1.61. The molecule has 1 saturated heterocycles. The van der Waals surface area contributed by atoms with Crippen LogP contribution < -0.4 is 5.43 Å². The molecule has 0 spiro atoms. The van der Waals surface area contributed by atoms with Gasteiger partial charge in [0.25, 0.3) is 0 Å². The van der Waals surface area contributed by atoms with Gasteiger partial charge < -0.3 is 5.11 Å². The van der Waals surface area contributed by atoms with Crippen LogP contribution in [0.1, 0.15) is 19.3 Å². The van der Waals surface area contributed by atoms with Gasteiger partial charge in [-0.2, -0.15) is 0 Å². The van der Waals surface area contributed by atoms with Crippen LogP contribution in [0.15, 0.2) is 0 Å². The van der Waals surface area contributed by atoms with Crippen LogP contribution in [0.3, 0.4) is 0 Å². The summed E-state index contributed by atoms with van der Waals surface area (Å²) in [7, 11) is 0. The number of piperidine rings is 1. The molecule has 0 bridgehead atoms. The smallest absolute Gasteiger partial charge is 0.419 e. The van der Waals surface area contributed by atoms with Gasteiger partial charge in [0, 0.05) is 13.1 Å². The van der Waals surface area contributed by atoms with E-state index in [1.54, 1.807) is 5.01 Å². The molecule has 4 nitrogen and oxygen atoms in total. The third kappa shape index (κ3) is 2.23. The van der Waals surface area contributed by atoms with Gasteiger partial charge >= 0.3 is 6.09 Å². The Morgan fingerprint density at radius 3 is 2.40 bits per heavy atom. The van der Waals surface area contributed by atoms with Crippen LogP contribution in [0.25, 0.3) is 0 Å². The van der Waals surface area contributed by atoms with E-state index < -0.39 is 6.09 Å². The molecule has 58 valence electrons. The number of hydrazine groups is 1. The number of amides is 1. The van der Waals surface area contributed by atoms with Crippen LogP contribution in [0.4, 0.5) is 4.79 Å². The van der Waals surface area contributed by atoms with Crippen molar-refractivity contribution in [2.75, 3.05) is 13.1 Å². The van der Waals surface area contributed by atoms with E-state index in [2.05, 4.69) is 5.43 Å². The predicted molar refractivity (Wildman–Crippen MR) is 36.6 cm³/mol. The highest BCUT2D eigenvalue weighted by molar-refractivity contribution is 5.63. The Kier molecular flexibility index (Phi) is 2.50. The topological polar surface area (TPSA) is 52.6 Å². The van der Waals surface area contributed by atoms with Crippen molar-refractivity contribution < 1.29 is 9.90 Å². The lowest BCUT2D eigenvalue weighted by Gasteiger charge is -2.24. The van der Waals surface area contributed by atoms with Crippen LogP contribution in [0.5, 0.6) is 0 Å². The largest absolute Gasteiger partial charge is 0.464 e. The summed E-state index contributed by atoms with van der Waals surface area (Å²) in [5.41, 5.74) is 2.33. The van der Waals surface area contributed by atoms with Crippen molar-refractivity contribution in [1.29, 1.82) is 0 Å². The molecule has 0 atom stereocenters. The Morgan fingerprint density at radius 2 is 1.90 bits per heavy atom. The molecule has 0 radical (unpaired) electrons. The molecule has 0 unspecified atom stereocenters. The SMILES string of the molecule is O=C(O)NN1CCCCC1. The number of hydrogen-bond acceptors (Lipinski definition) is 2. The van der Waals surface area contributed by atoms with Crippen LogP contribution in [0.2, 0.25) is 0 Å². The molecule has 0 aromatic carbocycles. The summed E-state index contributed by atoms with van der Waals surface area (Å²) < 4.78 is 0. The summed E-state index contributed by atoms with van der Waals surface area (Å²) >= 11 is 0. The molecular weight excluding hydrogens is 132 g/mol. The van der Waals surface area contributed by atoms with Crippen molar-refractivity contribution in [2.24, 2.45) is 0 Å². The van der Waals surface area contributed by atoms with Gasteiger partial charge in [-0.15, -0.1) is 0 Å². The third-order valence-electron chi connectivity index (χ3n) is 1.61. The second-order valence-electron chi connectivity index (χ2n) is 2.46. The zero-order valence-electron chi connectivity index (χ0n) is 5.84. The number of rotatable bonds is 1. The Balaban J connectivity index is 2.19. The van der Waals surface area contributed by atoms with Gasteiger partial charge in [0.05, 0.1) is 0 Å². The average Bonchev–Trinajstić information content (AvgIpc) is 1.88. The quantitative estimate of drug-likeness (QED) is 0.568. The summed E-state index contributed by atoms with van der Waals surface area (Å²) in [5, 5.41) is 10.1. The van der Waals surface area contributed by atoms with Crippen molar-refractivity contribution in [2.45, 2.75) is 19.3 Å². The fourth-order valence-corrected chi connectivity index (χ4v) is 1.14. The first-order valence-electron chi connectivity index (χ1n) is 3.53. The van der Waals surface area contributed by atoms with E-state index in [1.165, 1.54) is 6.42 Å². The molecule has 1 rings (SSSR count). The van der Waals surface area contributed by atoms with Crippen molar-refractivity contribution in [3.05, 3.63) is 0 Å². The lowest BCUT2D eigenvalue weighted by molar-refractivity contribution is 0.124. The van der Waals surface area contributed by atoms with Crippen LogP contribution >= 0.6 is 0 Å². The molecule has 1 heterocycles. The summed E-state index contributed by atoms with van der Waals surface area (Å²) in [6.45, 7) is 1.71. The minimum atomic E-state index is -0.957. The number of hydrogen-bond donors (Lipinski definition) is 2. The minimum absolute atomic E-state index is 0.853. The molecule has 0 aliphatic carbocycles. The maximum Gasteiger partial charge on any atom is 0.419 e. The average molecular weight is 144 g/mol. The minimum Gasteiger partial charge on any atom is -0.464 e. The molecule has 1 fully saturated rings. The molecule has 0 saturated carbocycles. The molecule has 0 aromatic heterocycles. The summed E-state index contributed by atoms with van der Waals surface area (Å²) in [6, 6.07) is 0. The van der Waals surface area contributed by atoms with E-state index in [4.69, 9.17) is 5.11 Å². The van der Waals surface area contributed by atoms with E-state index in [0.29, 0.717) is 0 Å². The van der Waals surface area contributed by atoms with Gasteiger partial charge in [0.1, 0.15) is 0 Å². The number of nitrogens with one attached hydrogen (secondary N) is 1. The van der Waals surface area contributed by atoms with Gasteiger partial charge in [-0.05, 0) is 12.8 Å². The highest BCUT2D eigenvalue weighted by Gasteiger charge is 2.10. The van der Waals surface area contributed by atoms with Gasteiger partial charge in [-0.3, -0.25) is 5.43 Å². The first-order valence-corrected chi connectivity index (χ1v) is 3.53. The Labute approximate surface area is 59.8 Å². The fraction of sp³-hybridized carbons (Fsp3) is 0.833. The summed E-state index contributed by atoms with van der Waals surface area (Å²) in [6.07, 6.45) is 2.46. The summed E-state index contributed by atoms with van der Waals surface area (Å²) in [5.74, 6) is 0. The molecule has 4 heteroatoms. The van der Waals surface area contributed by atoms with Gasteiger partial charge in [0.2, 0.25) is 0 Å². The van der Waals surface area contributed by atoms with Crippen molar-refractivity contribution in [1.82, 2.24) is 10.4 Å². The molecule has 1 amide bonds. The second-order valence-corrected chi connectivity index (χ2v) is 2.46. The van der Waals surface area contributed by atoms with Crippen LogP contribution in [0, 0.1) is 0 Å². The van der Waals surface area contributed by atoms with E-state index in [9.17, 15) is 4.79 Å². The predicted octanol–water partition coefficient (Wildman–Crippen LogP) is 0.655. The standard InChI is InChI=1S/C6H12N2O2/c9-6(10)7-8-4-2-1-3-5-8/h7H,1-5H2,(H,9,10).